The molecule has 2 rings (SSSR count). The number of halogens is 3. The molecule has 0 bridgehead atoms. The van der Waals surface area contributed by atoms with Gasteiger partial charge in [-0.2, -0.15) is 13.2 Å². The van der Waals surface area contributed by atoms with Gasteiger partial charge in [0, 0.05) is 38.5 Å². The molecule has 0 saturated heterocycles. The summed E-state index contributed by atoms with van der Waals surface area (Å²) < 4.78 is 63.0. The smallest absolute Gasteiger partial charge is 0.432 e. The monoisotopic (exact) mass is 501 g/mol. The molecule has 1 amide bonds. The van der Waals surface area contributed by atoms with Crippen molar-refractivity contribution in [1.29, 1.82) is 0 Å². The molecule has 0 radical (unpaired) electrons. The number of alkyl carbamates (subject to hydrolysis) is 1. The molecule has 0 fully saturated rings. The first-order valence-corrected chi connectivity index (χ1v) is 10.9. The van der Waals surface area contributed by atoms with Crippen LogP contribution in [0.1, 0.15) is 46.1 Å². The van der Waals surface area contributed by atoms with Gasteiger partial charge in [0.05, 0.1) is 0 Å². The molecule has 1 aliphatic rings. The number of alkyl halides is 3. The molecule has 1 unspecified atom stereocenters. The number of ether oxygens (including phenoxy) is 4. The second-order valence-electron chi connectivity index (χ2n) is 9.04. The van der Waals surface area contributed by atoms with Crippen LogP contribution in [-0.4, -0.2) is 55.2 Å². The molecule has 1 aliphatic carbocycles. The van der Waals surface area contributed by atoms with E-state index in [2.05, 4.69) is 5.32 Å². The average molecular weight is 501 g/mol. The number of amides is 1. The zero-order chi connectivity index (χ0) is 26.4. The Bertz CT molecular complexity index is 927. The van der Waals surface area contributed by atoms with Crippen molar-refractivity contribution in [3.63, 3.8) is 0 Å². The molecule has 0 spiro atoms. The second kappa shape index (κ2) is 11.1. The van der Waals surface area contributed by atoms with Crippen LogP contribution in [0, 0.1) is 0 Å². The van der Waals surface area contributed by atoms with Crippen LogP contribution in [0.3, 0.4) is 0 Å². The summed E-state index contributed by atoms with van der Waals surface area (Å²) in [6, 6.07) is 5.68. The molecular weight excluding hydrogens is 471 g/mol. The van der Waals surface area contributed by atoms with E-state index >= 15 is 0 Å². The highest BCUT2D eigenvalue weighted by Gasteiger charge is 2.64. The number of rotatable bonds is 6. The lowest BCUT2D eigenvalue weighted by atomic mass is 9.92. The minimum atomic E-state index is -5.14. The maximum atomic E-state index is 14.2. The van der Waals surface area contributed by atoms with Crippen molar-refractivity contribution in [2.24, 2.45) is 0 Å². The molecule has 1 aromatic carbocycles. The lowest BCUT2D eigenvalue weighted by Crippen LogP contribution is -2.52. The Hall–Kier alpha value is -3.08. The van der Waals surface area contributed by atoms with Crippen molar-refractivity contribution >= 4 is 18.0 Å². The number of nitrogens with one attached hydrogen (secondary N) is 1. The van der Waals surface area contributed by atoms with Crippen LogP contribution in [0.15, 0.2) is 42.5 Å². The molecular formula is C24H30F3NO7. The topological polar surface area (TPSA) is 100 Å². The van der Waals surface area contributed by atoms with Gasteiger partial charge in [-0.25, -0.2) is 9.59 Å². The molecule has 11 heteroatoms. The SMILES string of the molecule is COC(C(=O)O[C@H]1C=C[C@@H](OC(C)=O)C[C@@H](NC(=O)OC(C)(C)C)C1)(c1ccccc1)C(F)(F)F. The van der Waals surface area contributed by atoms with Gasteiger partial charge in [0.15, 0.2) is 0 Å². The lowest BCUT2D eigenvalue weighted by Gasteiger charge is -2.33. The predicted octanol–water partition coefficient (Wildman–Crippen LogP) is 4.18. The van der Waals surface area contributed by atoms with E-state index in [0.717, 1.165) is 19.2 Å². The molecule has 0 saturated carbocycles. The Balaban J connectivity index is 2.32. The molecule has 35 heavy (non-hydrogen) atoms. The molecule has 0 aliphatic heterocycles. The Labute approximate surface area is 201 Å². The van der Waals surface area contributed by atoms with Gasteiger partial charge in [0.25, 0.3) is 5.60 Å². The number of methoxy groups -OCH3 is 1. The number of hydrogen-bond donors (Lipinski definition) is 1. The van der Waals surface area contributed by atoms with Crippen molar-refractivity contribution in [1.82, 2.24) is 5.32 Å². The summed E-state index contributed by atoms with van der Waals surface area (Å²) in [5.41, 5.74) is -4.61. The van der Waals surface area contributed by atoms with E-state index in [9.17, 15) is 27.6 Å². The van der Waals surface area contributed by atoms with Crippen LogP contribution < -0.4 is 5.32 Å². The van der Waals surface area contributed by atoms with Gasteiger partial charge in [-0.3, -0.25) is 4.79 Å². The standard InChI is InChI=1S/C24H30F3NO7/c1-15(29)33-18-11-12-19(14-17(13-18)28-21(31)35-22(2,3)4)34-20(30)23(32-5,24(25,26)27)16-9-7-6-8-10-16/h6-12,17-19H,13-14H2,1-5H3,(H,28,31)/t17-,18-,19+,23?/m1/s1. The summed E-state index contributed by atoms with van der Waals surface area (Å²) >= 11 is 0. The first kappa shape index (κ1) is 28.2. The molecule has 4 atom stereocenters. The first-order chi connectivity index (χ1) is 16.2. The Morgan fingerprint density at radius 2 is 1.49 bits per heavy atom. The van der Waals surface area contributed by atoms with E-state index in [-0.39, 0.29) is 12.8 Å². The highest BCUT2D eigenvalue weighted by molar-refractivity contribution is 5.83. The van der Waals surface area contributed by atoms with Crippen molar-refractivity contribution in [3.05, 3.63) is 48.0 Å². The fourth-order valence-electron chi connectivity index (χ4n) is 3.65. The average Bonchev–Trinajstić information content (AvgIpc) is 2.88. The Morgan fingerprint density at radius 1 is 0.943 bits per heavy atom. The maximum absolute atomic E-state index is 14.2. The summed E-state index contributed by atoms with van der Waals surface area (Å²) in [5.74, 6) is -2.26. The number of carbonyl (C=O) groups excluding carboxylic acids is 3. The summed E-state index contributed by atoms with van der Waals surface area (Å²) in [4.78, 5) is 36.7. The van der Waals surface area contributed by atoms with Crippen molar-refractivity contribution in [3.8, 4) is 0 Å². The van der Waals surface area contributed by atoms with Crippen LogP contribution in [0.25, 0.3) is 0 Å². The summed E-state index contributed by atoms with van der Waals surface area (Å²) in [6.07, 6.45) is -5.18. The van der Waals surface area contributed by atoms with Crippen LogP contribution in [0.5, 0.6) is 0 Å². The third kappa shape index (κ3) is 7.45. The zero-order valence-electron chi connectivity index (χ0n) is 20.2. The van der Waals surface area contributed by atoms with Crippen LogP contribution >= 0.6 is 0 Å². The number of esters is 2. The van der Waals surface area contributed by atoms with Gasteiger partial charge in [0.2, 0.25) is 0 Å². The molecule has 1 aromatic rings. The highest BCUT2D eigenvalue weighted by atomic mass is 19.4. The summed E-state index contributed by atoms with van der Waals surface area (Å²) in [6.45, 7) is 6.19. The quantitative estimate of drug-likeness (QED) is 0.355. The molecule has 194 valence electrons. The van der Waals surface area contributed by atoms with E-state index in [1.807, 2.05) is 0 Å². The second-order valence-corrected chi connectivity index (χ2v) is 9.04. The summed E-state index contributed by atoms with van der Waals surface area (Å²) in [7, 11) is 0.772. The van der Waals surface area contributed by atoms with Crippen molar-refractivity contribution in [2.45, 2.75) is 76.2 Å². The van der Waals surface area contributed by atoms with Gasteiger partial charge in [-0.15, -0.1) is 0 Å². The Morgan fingerprint density at radius 3 is 1.94 bits per heavy atom. The zero-order valence-corrected chi connectivity index (χ0v) is 20.2. The number of benzene rings is 1. The van der Waals surface area contributed by atoms with E-state index < -0.39 is 59.2 Å². The fourth-order valence-corrected chi connectivity index (χ4v) is 3.65. The fraction of sp³-hybridized carbons (Fsp3) is 0.542. The van der Waals surface area contributed by atoms with Crippen LogP contribution in [-0.2, 0) is 34.1 Å². The van der Waals surface area contributed by atoms with E-state index in [1.165, 1.54) is 37.3 Å². The first-order valence-electron chi connectivity index (χ1n) is 10.9. The van der Waals surface area contributed by atoms with E-state index in [4.69, 9.17) is 18.9 Å². The van der Waals surface area contributed by atoms with E-state index in [0.29, 0.717) is 0 Å². The third-order valence-corrected chi connectivity index (χ3v) is 5.04. The maximum Gasteiger partial charge on any atom is 0.432 e. The normalized spacial score (nSPS) is 22.3. The number of carbonyl (C=O) groups is 3. The molecule has 1 N–H and O–H groups in total. The summed E-state index contributed by atoms with van der Waals surface area (Å²) in [5, 5.41) is 2.60. The minimum Gasteiger partial charge on any atom is -0.458 e. The highest BCUT2D eigenvalue weighted by Crippen LogP contribution is 2.43. The van der Waals surface area contributed by atoms with E-state index in [1.54, 1.807) is 20.8 Å². The molecule has 0 aromatic heterocycles. The third-order valence-electron chi connectivity index (χ3n) is 5.04. The lowest BCUT2D eigenvalue weighted by molar-refractivity contribution is -0.277. The van der Waals surface area contributed by atoms with Gasteiger partial charge >= 0.3 is 24.2 Å². The van der Waals surface area contributed by atoms with Gasteiger partial charge in [-0.05, 0) is 32.9 Å². The Kier molecular flexibility index (Phi) is 8.94. The largest absolute Gasteiger partial charge is 0.458 e. The van der Waals surface area contributed by atoms with Gasteiger partial charge in [-0.1, -0.05) is 30.3 Å². The predicted molar refractivity (Wildman–Crippen MR) is 118 cm³/mol. The van der Waals surface area contributed by atoms with Crippen molar-refractivity contribution in [2.75, 3.05) is 7.11 Å². The van der Waals surface area contributed by atoms with Crippen molar-refractivity contribution < 1.29 is 46.5 Å². The van der Waals surface area contributed by atoms with Crippen LogP contribution in [0.4, 0.5) is 18.0 Å². The molecule has 0 heterocycles. The van der Waals surface area contributed by atoms with Gasteiger partial charge in [0.1, 0.15) is 17.8 Å². The number of hydrogen-bond acceptors (Lipinski definition) is 7. The van der Waals surface area contributed by atoms with Gasteiger partial charge < -0.3 is 24.3 Å². The molecule has 8 nitrogen and oxygen atoms in total. The van der Waals surface area contributed by atoms with Crippen LogP contribution in [0.2, 0.25) is 0 Å². The minimum absolute atomic E-state index is 0.0916.